The molecule has 4 unspecified atom stereocenters. The van der Waals surface area contributed by atoms with Gasteiger partial charge in [0, 0.05) is 5.41 Å². The Morgan fingerprint density at radius 3 is 1.31 bits per heavy atom. The van der Waals surface area contributed by atoms with E-state index in [4.69, 9.17) is 28.4 Å². The highest BCUT2D eigenvalue weighted by Crippen LogP contribution is 2.39. The summed E-state index contributed by atoms with van der Waals surface area (Å²) in [5.41, 5.74) is 6.70. The van der Waals surface area contributed by atoms with Gasteiger partial charge >= 0.3 is 0 Å². The highest BCUT2D eigenvalue weighted by molar-refractivity contribution is 5.52. The Hall–Kier alpha value is -2.12. The van der Waals surface area contributed by atoms with Gasteiger partial charge in [0.05, 0.1) is 26.4 Å². The predicted molar refractivity (Wildman–Crippen MR) is 136 cm³/mol. The predicted octanol–water partition coefficient (Wildman–Crippen LogP) is 5.53. The summed E-state index contributed by atoms with van der Waals surface area (Å²) >= 11 is 0. The number of ether oxygens (including phenoxy) is 6. The first-order valence-electron chi connectivity index (χ1n) is 12.6. The molecule has 35 heavy (non-hydrogen) atoms. The maximum atomic E-state index is 6.14. The van der Waals surface area contributed by atoms with Crippen LogP contribution in [0.3, 0.4) is 0 Å². The third kappa shape index (κ3) is 6.56. The van der Waals surface area contributed by atoms with Gasteiger partial charge in [-0.05, 0) is 74.9 Å². The highest BCUT2D eigenvalue weighted by atomic mass is 16.7. The summed E-state index contributed by atoms with van der Waals surface area (Å²) in [6, 6.07) is 8.90. The van der Waals surface area contributed by atoms with Crippen molar-refractivity contribution in [2.45, 2.75) is 85.6 Å². The molecule has 4 atom stereocenters. The summed E-state index contributed by atoms with van der Waals surface area (Å²) in [5.74, 6) is 1.77. The zero-order valence-corrected chi connectivity index (χ0v) is 22.4. The molecule has 0 spiro atoms. The average molecular weight is 485 g/mol. The van der Waals surface area contributed by atoms with Crippen molar-refractivity contribution in [1.29, 1.82) is 0 Å². The maximum Gasteiger partial charge on any atom is 0.197 e. The molecular weight excluding hydrogens is 444 g/mol. The smallest absolute Gasteiger partial charge is 0.197 e. The first-order chi connectivity index (χ1) is 16.5. The largest absolute Gasteiger partial charge is 0.465 e. The van der Waals surface area contributed by atoms with Gasteiger partial charge in [-0.1, -0.05) is 38.1 Å². The lowest BCUT2D eigenvalue weighted by atomic mass is 9.76. The van der Waals surface area contributed by atoms with Crippen molar-refractivity contribution in [1.82, 2.24) is 0 Å². The Bertz CT molecular complexity index is 910. The van der Waals surface area contributed by atoms with Crippen LogP contribution in [-0.4, -0.2) is 51.2 Å². The first-order valence-corrected chi connectivity index (χ1v) is 12.6. The fraction of sp³-hybridized carbons (Fsp3) is 0.586. The van der Waals surface area contributed by atoms with Gasteiger partial charge in [-0.25, -0.2) is 0 Å². The molecule has 0 bridgehead atoms. The lowest BCUT2D eigenvalue weighted by Gasteiger charge is -2.30. The molecule has 0 radical (unpaired) electrons. The molecule has 2 aromatic carbocycles. The van der Waals surface area contributed by atoms with Crippen molar-refractivity contribution in [3.8, 4) is 11.5 Å². The van der Waals surface area contributed by atoms with E-state index in [1.807, 2.05) is 13.8 Å². The van der Waals surface area contributed by atoms with Crippen molar-refractivity contribution in [2.24, 2.45) is 0 Å². The molecule has 6 nitrogen and oxygen atoms in total. The van der Waals surface area contributed by atoms with Crippen molar-refractivity contribution in [2.75, 3.05) is 26.4 Å². The zero-order valence-electron chi connectivity index (χ0n) is 22.4. The number of aryl methyl sites for hydroxylation is 4. The molecule has 2 aliphatic rings. The molecule has 4 rings (SSSR count). The summed E-state index contributed by atoms with van der Waals surface area (Å²) in [5, 5.41) is 0. The molecular formula is C29H40O6. The summed E-state index contributed by atoms with van der Waals surface area (Å²) in [7, 11) is 0. The van der Waals surface area contributed by atoms with Crippen molar-refractivity contribution >= 4 is 0 Å². The third-order valence-electron chi connectivity index (χ3n) is 6.77. The Labute approximate surface area is 209 Å². The van der Waals surface area contributed by atoms with Crippen LogP contribution >= 0.6 is 0 Å². The van der Waals surface area contributed by atoms with E-state index < -0.39 is 0 Å². The number of rotatable bonds is 12. The van der Waals surface area contributed by atoms with Gasteiger partial charge in [0.15, 0.2) is 12.6 Å². The molecule has 0 amide bonds. The van der Waals surface area contributed by atoms with Crippen molar-refractivity contribution in [3.63, 3.8) is 0 Å². The molecule has 0 aromatic heterocycles. The van der Waals surface area contributed by atoms with E-state index in [9.17, 15) is 0 Å². The third-order valence-corrected chi connectivity index (χ3v) is 6.77. The van der Waals surface area contributed by atoms with E-state index in [0.717, 1.165) is 47.0 Å². The SMILES string of the molecule is Cc1cc(C(C)(C)c2cc(C)c(OC(C)OCC3CO3)c(C)c2)cc(C)c1OC(C)OCC1CO1. The molecule has 2 heterocycles. The fourth-order valence-corrected chi connectivity index (χ4v) is 4.37. The topological polar surface area (TPSA) is 62.0 Å². The number of benzene rings is 2. The molecule has 0 saturated carbocycles. The lowest BCUT2D eigenvalue weighted by molar-refractivity contribution is -0.0717. The van der Waals surface area contributed by atoms with E-state index in [1.165, 1.54) is 11.1 Å². The summed E-state index contributed by atoms with van der Waals surface area (Å²) in [6.45, 7) is 19.5. The molecule has 2 saturated heterocycles. The van der Waals surface area contributed by atoms with Gasteiger partial charge in [-0.2, -0.15) is 0 Å². The van der Waals surface area contributed by atoms with E-state index in [-0.39, 0.29) is 30.2 Å². The summed E-state index contributed by atoms with van der Waals surface area (Å²) in [6.07, 6.45) is -0.195. The van der Waals surface area contributed by atoms with Gasteiger partial charge in [-0.3, -0.25) is 0 Å². The van der Waals surface area contributed by atoms with Crippen molar-refractivity contribution < 1.29 is 28.4 Å². The second-order valence-corrected chi connectivity index (χ2v) is 10.5. The quantitative estimate of drug-likeness (QED) is 0.292. The van der Waals surface area contributed by atoms with Gasteiger partial charge < -0.3 is 28.4 Å². The monoisotopic (exact) mass is 484 g/mol. The Balaban J connectivity index is 1.49. The summed E-state index contributed by atoms with van der Waals surface area (Å²) < 4.78 is 34.3. The van der Waals surface area contributed by atoms with Gasteiger partial charge in [0.25, 0.3) is 0 Å². The van der Waals surface area contributed by atoms with E-state index in [2.05, 4.69) is 65.8 Å². The average Bonchev–Trinajstić information content (AvgIpc) is 3.70. The minimum Gasteiger partial charge on any atom is -0.465 e. The van der Waals surface area contributed by atoms with E-state index in [1.54, 1.807) is 0 Å². The lowest BCUT2D eigenvalue weighted by Crippen LogP contribution is -2.23. The van der Waals surface area contributed by atoms with E-state index >= 15 is 0 Å². The molecule has 0 aliphatic carbocycles. The van der Waals surface area contributed by atoms with Crippen LogP contribution in [0, 0.1) is 27.7 Å². The molecule has 0 N–H and O–H groups in total. The van der Waals surface area contributed by atoms with E-state index in [0.29, 0.717) is 13.2 Å². The fourth-order valence-electron chi connectivity index (χ4n) is 4.37. The Kier molecular flexibility index (Phi) is 7.77. The van der Waals surface area contributed by atoms with Crippen LogP contribution in [-0.2, 0) is 24.4 Å². The normalized spacial score (nSPS) is 20.9. The zero-order chi connectivity index (χ0) is 25.3. The van der Waals surface area contributed by atoms with Gasteiger partial charge in [0.1, 0.15) is 23.7 Å². The van der Waals surface area contributed by atoms with Crippen LogP contribution in [0.25, 0.3) is 0 Å². The van der Waals surface area contributed by atoms with Crippen LogP contribution in [0.5, 0.6) is 11.5 Å². The standard InChI is InChI=1S/C29H40O6/c1-17-9-23(10-18(2)27(17)34-21(5)30-13-25-15-32-25)29(7,8)24-11-19(3)28(20(4)12-24)35-22(6)31-14-26-16-33-26/h9-12,21-22,25-26H,13-16H2,1-8H3. The second-order valence-electron chi connectivity index (χ2n) is 10.5. The molecule has 6 heteroatoms. The number of hydrogen-bond donors (Lipinski definition) is 0. The molecule has 2 fully saturated rings. The maximum absolute atomic E-state index is 6.14. The molecule has 192 valence electrons. The number of hydrogen-bond acceptors (Lipinski definition) is 6. The van der Waals surface area contributed by atoms with Gasteiger partial charge in [-0.15, -0.1) is 0 Å². The van der Waals surface area contributed by atoms with Crippen molar-refractivity contribution in [3.05, 3.63) is 57.6 Å². The van der Waals surface area contributed by atoms with Crippen LogP contribution in [0.2, 0.25) is 0 Å². The summed E-state index contributed by atoms with van der Waals surface area (Å²) in [4.78, 5) is 0. The molecule has 2 aromatic rings. The second kappa shape index (κ2) is 10.5. The van der Waals surface area contributed by atoms with Gasteiger partial charge in [0.2, 0.25) is 0 Å². The Morgan fingerprint density at radius 2 is 1.03 bits per heavy atom. The van der Waals surface area contributed by atoms with Crippen LogP contribution < -0.4 is 9.47 Å². The van der Waals surface area contributed by atoms with Crippen LogP contribution in [0.4, 0.5) is 0 Å². The van der Waals surface area contributed by atoms with Crippen LogP contribution in [0.1, 0.15) is 61.1 Å². The minimum atomic E-state index is -0.323. The van der Waals surface area contributed by atoms with Crippen LogP contribution in [0.15, 0.2) is 24.3 Å². The Morgan fingerprint density at radius 1 is 0.714 bits per heavy atom. The highest BCUT2D eigenvalue weighted by Gasteiger charge is 2.28. The first kappa shape index (κ1) is 26.0. The minimum absolute atomic E-state index is 0.195. The number of epoxide rings is 2. The molecule has 2 aliphatic heterocycles.